The van der Waals surface area contributed by atoms with Gasteiger partial charge in [0.25, 0.3) is 0 Å². The fourth-order valence-electron chi connectivity index (χ4n) is 3.59. The summed E-state index contributed by atoms with van der Waals surface area (Å²) in [5, 5.41) is 3.59. The van der Waals surface area contributed by atoms with Gasteiger partial charge in [0.05, 0.1) is 6.04 Å². The summed E-state index contributed by atoms with van der Waals surface area (Å²) in [5.74, 6) is 1.23. The molecule has 1 aliphatic heterocycles. The Balaban J connectivity index is 1.77. The van der Waals surface area contributed by atoms with Gasteiger partial charge >= 0.3 is 0 Å². The van der Waals surface area contributed by atoms with Crippen LogP contribution in [0, 0.1) is 5.92 Å². The van der Waals surface area contributed by atoms with E-state index in [1.54, 1.807) is 0 Å². The van der Waals surface area contributed by atoms with Crippen LogP contribution in [0.5, 0.6) is 0 Å². The van der Waals surface area contributed by atoms with E-state index in [1.807, 2.05) is 11.8 Å². The summed E-state index contributed by atoms with van der Waals surface area (Å²) >= 11 is 0. The molecule has 2 aliphatic rings. The van der Waals surface area contributed by atoms with Crippen LogP contribution < -0.4 is 5.32 Å². The normalized spacial score (nSPS) is 30.1. The molecule has 1 saturated heterocycles. The van der Waals surface area contributed by atoms with Crippen LogP contribution >= 0.6 is 0 Å². The summed E-state index contributed by atoms with van der Waals surface area (Å²) in [6.07, 6.45) is 10.2. The van der Waals surface area contributed by atoms with E-state index in [9.17, 15) is 4.79 Å². The van der Waals surface area contributed by atoms with E-state index >= 15 is 0 Å². The number of likely N-dealkylation sites (tertiary alicyclic amines) is 1. The molecule has 3 heteroatoms. The molecule has 19 heavy (non-hydrogen) atoms. The lowest BCUT2D eigenvalue weighted by atomic mass is 9.98. The zero-order chi connectivity index (χ0) is 13.7. The highest BCUT2D eigenvalue weighted by Gasteiger charge is 2.26. The molecular weight excluding hydrogens is 236 g/mol. The molecule has 1 saturated carbocycles. The molecule has 1 heterocycles. The summed E-state index contributed by atoms with van der Waals surface area (Å²) in [7, 11) is 0. The Labute approximate surface area is 118 Å². The van der Waals surface area contributed by atoms with Gasteiger partial charge in [0, 0.05) is 19.1 Å². The van der Waals surface area contributed by atoms with Gasteiger partial charge in [-0.3, -0.25) is 4.79 Å². The van der Waals surface area contributed by atoms with Crippen LogP contribution in [0.3, 0.4) is 0 Å². The van der Waals surface area contributed by atoms with Crippen molar-refractivity contribution < 1.29 is 4.79 Å². The maximum absolute atomic E-state index is 12.3. The molecule has 0 radical (unpaired) electrons. The van der Waals surface area contributed by atoms with Crippen molar-refractivity contribution in [1.29, 1.82) is 0 Å². The molecule has 2 rings (SSSR count). The van der Waals surface area contributed by atoms with Crippen molar-refractivity contribution in [2.24, 2.45) is 5.92 Å². The van der Waals surface area contributed by atoms with Gasteiger partial charge in [-0.05, 0) is 44.9 Å². The van der Waals surface area contributed by atoms with Crippen molar-refractivity contribution in [1.82, 2.24) is 10.2 Å². The van der Waals surface area contributed by atoms with Gasteiger partial charge in [-0.15, -0.1) is 0 Å². The van der Waals surface area contributed by atoms with Gasteiger partial charge in [0.15, 0.2) is 0 Å². The van der Waals surface area contributed by atoms with Crippen LogP contribution in [-0.4, -0.2) is 36.0 Å². The van der Waals surface area contributed by atoms with Crippen LogP contribution in [0.2, 0.25) is 0 Å². The lowest BCUT2D eigenvalue weighted by Crippen LogP contribution is -2.47. The topological polar surface area (TPSA) is 32.3 Å². The van der Waals surface area contributed by atoms with E-state index in [1.165, 1.54) is 51.4 Å². The van der Waals surface area contributed by atoms with Gasteiger partial charge < -0.3 is 10.2 Å². The predicted octanol–water partition coefficient (Wildman–Crippen LogP) is 2.95. The molecule has 0 aromatic carbocycles. The Morgan fingerprint density at radius 1 is 1.16 bits per heavy atom. The van der Waals surface area contributed by atoms with Gasteiger partial charge in [-0.2, -0.15) is 0 Å². The second-order valence-corrected chi connectivity index (χ2v) is 6.40. The molecule has 0 aromatic heterocycles. The Morgan fingerprint density at radius 3 is 2.58 bits per heavy atom. The van der Waals surface area contributed by atoms with Crippen LogP contribution in [0.4, 0.5) is 0 Å². The van der Waals surface area contributed by atoms with E-state index in [-0.39, 0.29) is 6.04 Å². The number of hydrogen-bond donors (Lipinski definition) is 1. The fourth-order valence-corrected chi connectivity index (χ4v) is 3.59. The van der Waals surface area contributed by atoms with Crippen LogP contribution in [0.15, 0.2) is 0 Å². The molecular formula is C16H30N2O. The van der Waals surface area contributed by atoms with E-state index in [0.29, 0.717) is 11.9 Å². The van der Waals surface area contributed by atoms with Crippen molar-refractivity contribution >= 4 is 5.91 Å². The third-order valence-electron chi connectivity index (χ3n) is 4.94. The summed E-state index contributed by atoms with van der Waals surface area (Å²) < 4.78 is 0. The molecule has 2 fully saturated rings. The number of carbonyl (C=O) groups excluding carboxylic acids is 1. The molecule has 0 spiro atoms. The first-order valence-electron chi connectivity index (χ1n) is 8.25. The zero-order valence-corrected chi connectivity index (χ0v) is 12.7. The standard InChI is InChI=1S/C16H30N2O/c1-3-14-7-6-8-15(10-9-14)17-13(2)16(19)18-11-4-5-12-18/h13-15,17H,3-12H2,1-2H3. The van der Waals surface area contributed by atoms with Crippen molar-refractivity contribution in [3.05, 3.63) is 0 Å². The Morgan fingerprint density at radius 2 is 1.89 bits per heavy atom. The Hall–Kier alpha value is -0.570. The second-order valence-electron chi connectivity index (χ2n) is 6.40. The monoisotopic (exact) mass is 266 g/mol. The highest BCUT2D eigenvalue weighted by Crippen LogP contribution is 2.25. The van der Waals surface area contributed by atoms with Gasteiger partial charge in [0.2, 0.25) is 5.91 Å². The predicted molar refractivity (Wildman–Crippen MR) is 79.1 cm³/mol. The zero-order valence-electron chi connectivity index (χ0n) is 12.7. The number of nitrogens with one attached hydrogen (secondary N) is 1. The highest BCUT2D eigenvalue weighted by molar-refractivity contribution is 5.81. The van der Waals surface area contributed by atoms with Gasteiger partial charge in [-0.25, -0.2) is 0 Å². The summed E-state index contributed by atoms with van der Waals surface area (Å²) in [6, 6.07) is 0.555. The van der Waals surface area contributed by atoms with Gasteiger partial charge in [-0.1, -0.05) is 26.2 Å². The summed E-state index contributed by atoms with van der Waals surface area (Å²) in [6.45, 7) is 6.28. The smallest absolute Gasteiger partial charge is 0.239 e. The quantitative estimate of drug-likeness (QED) is 0.794. The summed E-state index contributed by atoms with van der Waals surface area (Å²) in [4.78, 5) is 14.3. The minimum atomic E-state index is 0.00118. The first-order valence-corrected chi connectivity index (χ1v) is 8.25. The SMILES string of the molecule is CCC1CCCC(NC(C)C(=O)N2CCCC2)CC1. The molecule has 3 unspecified atom stereocenters. The molecule has 1 amide bonds. The number of rotatable bonds is 4. The number of carbonyl (C=O) groups is 1. The maximum atomic E-state index is 12.3. The molecule has 3 atom stereocenters. The van der Waals surface area contributed by atoms with Crippen LogP contribution in [0.1, 0.15) is 65.2 Å². The van der Waals surface area contributed by atoms with Gasteiger partial charge in [0.1, 0.15) is 0 Å². The fraction of sp³-hybridized carbons (Fsp3) is 0.938. The number of nitrogens with zero attached hydrogens (tertiary/aromatic N) is 1. The number of hydrogen-bond acceptors (Lipinski definition) is 2. The number of amides is 1. The van der Waals surface area contributed by atoms with E-state index in [0.717, 1.165) is 19.0 Å². The van der Waals surface area contributed by atoms with Crippen molar-refractivity contribution in [2.45, 2.75) is 77.3 Å². The molecule has 110 valence electrons. The first-order chi connectivity index (χ1) is 9.20. The molecule has 1 N–H and O–H groups in total. The van der Waals surface area contributed by atoms with Crippen molar-refractivity contribution in [3.8, 4) is 0 Å². The van der Waals surface area contributed by atoms with Crippen LogP contribution in [-0.2, 0) is 4.79 Å². The van der Waals surface area contributed by atoms with E-state index in [4.69, 9.17) is 0 Å². The van der Waals surface area contributed by atoms with Crippen molar-refractivity contribution in [3.63, 3.8) is 0 Å². The average molecular weight is 266 g/mol. The largest absolute Gasteiger partial charge is 0.341 e. The van der Waals surface area contributed by atoms with E-state index < -0.39 is 0 Å². The molecule has 3 nitrogen and oxygen atoms in total. The lowest BCUT2D eigenvalue weighted by Gasteiger charge is -2.25. The molecule has 0 aromatic rings. The Kier molecular flexibility index (Phi) is 5.68. The first kappa shape index (κ1) is 14.8. The third-order valence-corrected chi connectivity index (χ3v) is 4.94. The third kappa shape index (κ3) is 4.20. The summed E-state index contributed by atoms with van der Waals surface area (Å²) in [5.41, 5.74) is 0. The maximum Gasteiger partial charge on any atom is 0.239 e. The molecule has 0 bridgehead atoms. The molecule has 1 aliphatic carbocycles. The average Bonchev–Trinajstić information content (AvgIpc) is 2.86. The second kappa shape index (κ2) is 7.28. The van der Waals surface area contributed by atoms with E-state index in [2.05, 4.69) is 12.2 Å². The minimum Gasteiger partial charge on any atom is -0.341 e. The Bertz CT molecular complexity index is 286. The minimum absolute atomic E-state index is 0.00118. The lowest BCUT2D eigenvalue weighted by molar-refractivity contribution is -0.132. The highest BCUT2D eigenvalue weighted by atomic mass is 16.2. The van der Waals surface area contributed by atoms with Crippen LogP contribution in [0.25, 0.3) is 0 Å². The van der Waals surface area contributed by atoms with Crippen molar-refractivity contribution in [2.75, 3.05) is 13.1 Å².